The minimum atomic E-state index is -0.221. The summed E-state index contributed by atoms with van der Waals surface area (Å²) in [5.41, 5.74) is 3.65. The molecule has 0 saturated heterocycles. The molecule has 0 aliphatic rings. The van der Waals surface area contributed by atoms with Crippen LogP contribution in [0.2, 0.25) is 0 Å². The molecule has 2 aromatic rings. The Hall–Kier alpha value is -1.83. The zero-order valence-electron chi connectivity index (χ0n) is 9.42. The largest absolute Gasteiger partial charge is 0.386 e. The lowest BCUT2D eigenvalue weighted by Gasteiger charge is -2.06. The van der Waals surface area contributed by atoms with Gasteiger partial charge in [-0.15, -0.1) is 0 Å². The van der Waals surface area contributed by atoms with Gasteiger partial charge in [0.2, 0.25) is 0 Å². The molecule has 0 bridgehead atoms. The Morgan fingerprint density at radius 1 is 1.00 bits per heavy atom. The third kappa shape index (κ3) is 2.06. The molecular weight excluding hydrogens is 201 g/mol. The predicted molar refractivity (Wildman–Crippen MR) is 66.1 cm³/mol. The van der Waals surface area contributed by atoms with E-state index in [-0.39, 0.29) is 5.82 Å². The fraction of sp³-hybridized carbons (Fsp3) is 0.143. The van der Waals surface area contributed by atoms with Crippen molar-refractivity contribution >= 4 is 5.69 Å². The maximum absolute atomic E-state index is 13.6. The highest BCUT2D eigenvalue weighted by Gasteiger charge is 2.03. The van der Waals surface area contributed by atoms with Crippen LogP contribution in [0.3, 0.4) is 0 Å². The van der Waals surface area contributed by atoms with Crippen molar-refractivity contribution in [1.82, 2.24) is 0 Å². The number of aryl methyl sites for hydroxylation is 1. The summed E-state index contributed by atoms with van der Waals surface area (Å²) in [6.45, 7) is 2.03. The number of benzene rings is 2. The number of rotatable bonds is 2. The summed E-state index contributed by atoms with van der Waals surface area (Å²) in [6, 6.07) is 13.3. The fourth-order valence-corrected chi connectivity index (χ4v) is 1.72. The number of halogens is 1. The third-order valence-electron chi connectivity index (χ3n) is 2.59. The Morgan fingerprint density at radius 2 is 1.75 bits per heavy atom. The number of anilines is 1. The minimum Gasteiger partial charge on any atom is -0.386 e. The molecule has 0 radical (unpaired) electrons. The van der Waals surface area contributed by atoms with Crippen LogP contribution < -0.4 is 5.32 Å². The Kier molecular flexibility index (Phi) is 2.91. The van der Waals surface area contributed by atoms with Crippen LogP contribution in [0.5, 0.6) is 0 Å². The molecule has 0 amide bonds. The maximum Gasteiger partial charge on any atom is 0.146 e. The van der Waals surface area contributed by atoms with Crippen LogP contribution in [-0.2, 0) is 0 Å². The monoisotopic (exact) mass is 215 g/mol. The van der Waals surface area contributed by atoms with Crippen LogP contribution in [-0.4, -0.2) is 7.05 Å². The van der Waals surface area contributed by atoms with E-state index in [1.165, 1.54) is 5.56 Å². The van der Waals surface area contributed by atoms with Gasteiger partial charge in [0.25, 0.3) is 0 Å². The predicted octanol–water partition coefficient (Wildman–Crippen LogP) is 3.84. The van der Waals surface area contributed by atoms with E-state index in [1.54, 1.807) is 19.2 Å². The Bertz CT molecular complexity index is 506. The van der Waals surface area contributed by atoms with Gasteiger partial charge in [-0.1, -0.05) is 35.9 Å². The van der Waals surface area contributed by atoms with Gasteiger partial charge in [0.15, 0.2) is 0 Å². The van der Waals surface area contributed by atoms with Crippen molar-refractivity contribution in [3.63, 3.8) is 0 Å². The second-order valence-corrected chi connectivity index (χ2v) is 3.81. The van der Waals surface area contributed by atoms with E-state index in [1.807, 2.05) is 37.3 Å². The lowest BCUT2D eigenvalue weighted by molar-refractivity contribution is 0.632. The molecule has 0 fully saturated rings. The van der Waals surface area contributed by atoms with Crippen LogP contribution in [0.25, 0.3) is 11.1 Å². The molecule has 1 N–H and O–H groups in total. The molecule has 0 atom stereocenters. The van der Waals surface area contributed by atoms with Crippen LogP contribution in [0, 0.1) is 12.7 Å². The van der Waals surface area contributed by atoms with E-state index in [0.717, 1.165) is 11.1 Å². The van der Waals surface area contributed by atoms with Crippen molar-refractivity contribution in [1.29, 1.82) is 0 Å². The molecule has 16 heavy (non-hydrogen) atoms. The number of hydrogen-bond donors (Lipinski definition) is 1. The molecule has 0 spiro atoms. The lowest BCUT2D eigenvalue weighted by Crippen LogP contribution is -1.92. The first-order valence-corrected chi connectivity index (χ1v) is 5.25. The molecular formula is C14H14FN. The summed E-state index contributed by atoms with van der Waals surface area (Å²) < 4.78 is 13.6. The molecule has 2 heteroatoms. The smallest absolute Gasteiger partial charge is 0.146 e. The zero-order valence-corrected chi connectivity index (χ0v) is 9.42. The number of nitrogens with one attached hydrogen (secondary N) is 1. The van der Waals surface area contributed by atoms with Crippen molar-refractivity contribution in [2.75, 3.05) is 12.4 Å². The molecule has 0 aliphatic heterocycles. The molecule has 0 aliphatic carbocycles. The molecule has 0 unspecified atom stereocenters. The number of hydrogen-bond acceptors (Lipinski definition) is 1. The van der Waals surface area contributed by atoms with E-state index >= 15 is 0 Å². The summed E-state index contributed by atoms with van der Waals surface area (Å²) in [6.07, 6.45) is 0. The zero-order chi connectivity index (χ0) is 11.5. The van der Waals surface area contributed by atoms with Crippen LogP contribution in [0.4, 0.5) is 10.1 Å². The van der Waals surface area contributed by atoms with Gasteiger partial charge in [-0.25, -0.2) is 4.39 Å². The quantitative estimate of drug-likeness (QED) is 0.802. The fourth-order valence-electron chi connectivity index (χ4n) is 1.72. The van der Waals surface area contributed by atoms with Crippen molar-refractivity contribution < 1.29 is 4.39 Å². The van der Waals surface area contributed by atoms with E-state index in [4.69, 9.17) is 0 Å². The first-order valence-electron chi connectivity index (χ1n) is 5.25. The first kappa shape index (κ1) is 10.7. The van der Waals surface area contributed by atoms with Crippen LogP contribution in [0.1, 0.15) is 5.56 Å². The van der Waals surface area contributed by atoms with Gasteiger partial charge < -0.3 is 5.32 Å². The summed E-state index contributed by atoms with van der Waals surface area (Å²) in [4.78, 5) is 0. The van der Waals surface area contributed by atoms with E-state index in [9.17, 15) is 4.39 Å². The Morgan fingerprint density at radius 3 is 2.38 bits per heavy atom. The van der Waals surface area contributed by atoms with Gasteiger partial charge in [-0.2, -0.15) is 0 Å². The average molecular weight is 215 g/mol. The van der Waals surface area contributed by atoms with Gasteiger partial charge in [0, 0.05) is 7.05 Å². The topological polar surface area (TPSA) is 12.0 Å². The van der Waals surface area contributed by atoms with Crippen molar-refractivity contribution in [3.8, 4) is 11.1 Å². The SMILES string of the molecule is CNc1ccc(-c2cccc(C)c2)cc1F. The van der Waals surface area contributed by atoms with Gasteiger partial charge >= 0.3 is 0 Å². The van der Waals surface area contributed by atoms with E-state index < -0.39 is 0 Å². The van der Waals surface area contributed by atoms with E-state index in [0.29, 0.717) is 5.69 Å². The van der Waals surface area contributed by atoms with Crippen molar-refractivity contribution in [3.05, 3.63) is 53.8 Å². The summed E-state index contributed by atoms with van der Waals surface area (Å²) in [7, 11) is 1.71. The van der Waals surface area contributed by atoms with Gasteiger partial charge in [-0.05, 0) is 30.2 Å². The summed E-state index contributed by atoms with van der Waals surface area (Å²) in [5, 5.41) is 2.81. The van der Waals surface area contributed by atoms with Gasteiger partial charge in [0.1, 0.15) is 5.82 Å². The van der Waals surface area contributed by atoms with Crippen LogP contribution >= 0.6 is 0 Å². The highest BCUT2D eigenvalue weighted by Crippen LogP contribution is 2.24. The van der Waals surface area contributed by atoms with Gasteiger partial charge in [-0.3, -0.25) is 0 Å². The summed E-state index contributed by atoms with van der Waals surface area (Å²) in [5.74, 6) is -0.221. The Labute approximate surface area is 94.9 Å². The first-order chi connectivity index (χ1) is 7.70. The molecule has 82 valence electrons. The molecule has 0 aromatic heterocycles. The highest BCUT2D eigenvalue weighted by atomic mass is 19.1. The molecule has 2 aromatic carbocycles. The maximum atomic E-state index is 13.6. The Balaban J connectivity index is 2.45. The summed E-state index contributed by atoms with van der Waals surface area (Å²) >= 11 is 0. The lowest BCUT2D eigenvalue weighted by atomic mass is 10.0. The second-order valence-electron chi connectivity index (χ2n) is 3.81. The average Bonchev–Trinajstić information content (AvgIpc) is 2.29. The molecule has 2 rings (SSSR count). The van der Waals surface area contributed by atoms with Crippen molar-refractivity contribution in [2.45, 2.75) is 6.92 Å². The molecule has 1 nitrogen and oxygen atoms in total. The second kappa shape index (κ2) is 4.35. The normalized spacial score (nSPS) is 10.2. The van der Waals surface area contributed by atoms with E-state index in [2.05, 4.69) is 5.32 Å². The minimum absolute atomic E-state index is 0.221. The molecule has 0 heterocycles. The van der Waals surface area contributed by atoms with Crippen LogP contribution in [0.15, 0.2) is 42.5 Å². The standard InChI is InChI=1S/C14H14FN/c1-10-4-3-5-11(8-10)12-6-7-14(16-2)13(15)9-12/h3-9,16H,1-2H3. The van der Waals surface area contributed by atoms with Crippen molar-refractivity contribution in [2.24, 2.45) is 0 Å². The highest BCUT2D eigenvalue weighted by molar-refractivity contribution is 5.67. The van der Waals surface area contributed by atoms with Gasteiger partial charge in [0.05, 0.1) is 5.69 Å². The molecule has 0 saturated carbocycles. The third-order valence-corrected chi connectivity index (χ3v) is 2.59.